The van der Waals surface area contributed by atoms with Crippen molar-refractivity contribution in [1.29, 1.82) is 0 Å². The van der Waals surface area contributed by atoms with Crippen molar-refractivity contribution >= 4 is 17.5 Å². The number of carbonyl (C=O) groups is 1. The molecule has 3 rings (SSSR count). The first-order chi connectivity index (χ1) is 9.22. The van der Waals surface area contributed by atoms with Gasteiger partial charge in [-0.05, 0) is 42.9 Å². The molecule has 1 aliphatic heterocycles. The smallest absolute Gasteiger partial charge is 0.251 e. The molecule has 1 saturated carbocycles. The number of amides is 1. The molecule has 0 atom stereocenters. The van der Waals surface area contributed by atoms with Crippen molar-refractivity contribution in [3.63, 3.8) is 0 Å². The summed E-state index contributed by atoms with van der Waals surface area (Å²) in [5.41, 5.74) is 0.847. The highest BCUT2D eigenvalue weighted by atomic mass is 35.5. The first-order valence-corrected chi connectivity index (χ1v) is 7.00. The average Bonchev–Trinajstić information content (AvgIpc) is 3.02. The summed E-state index contributed by atoms with van der Waals surface area (Å²) in [6.07, 6.45) is 3.28. The van der Waals surface area contributed by atoms with Gasteiger partial charge in [0, 0.05) is 18.0 Å². The molecular formula is C14H16ClNO3. The Kier molecular flexibility index (Phi) is 3.27. The van der Waals surface area contributed by atoms with Crippen LogP contribution >= 0.6 is 11.6 Å². The lowest BCUT2D eigenvalue weighted by molar-refractivity contribution is 0.0944. The molecule has 2 aliphatic rings. The number of fused-ring (bicyclic) bond motifs is 1. The fourth-order valence-corrected chi connectivity index (χ4v) is 2.70. The molecule has 5 heteroatoms. The van der Waals surface area contributed by atoms with Crippen molar-refractivity contribution in [1.82, 2.24) is 5.32 Å². The van der Waals surface area contributed by atoms with E-state index in [1.54, 1.807) is 18.2 Å². The number of hydrogen-bond donors (Lipinski definition) is 1. The van der Waals surface area contributed by atoms with E-state index in [-0.39, 0.29) is 18.1 Å². The summed E-state index contributed by atoms with van der Waals surface area (Å²) in [6.45, 7) is 0.923. The Bertz CT molecular complexity index is 499. The molecule has 1 heterocycles. The van der Waals surface area contributed by atoms with Gasteiger partial charge in [0.05, 0.1) is 0 Å². The van der Waals surface area contributed by atoms with Gasteiger partial charge < -0.3 is 14.8 Å². The molecule has 1 aromatic rings. The van der Waals surface area contributed by atoms with E-state index in [1.165, 1.54) is 0 Å². The Morgan fingerprint density at radius 2 is 2.11 bits per heavy atom. The van der Waals surface area contributed by atoms with Crippen molar-refractivity contribution in [2.75, 3.05) is 19.2 Å². The minimum Gasteiger partial charge on any atom is -0.454 e. The summed E-state index contributed by atoms with van der Waals surface area (Å²) in [5.74, 6) is 1.91. The van der Waals surface area contributed by atoms with Crippen LogP contribution in [0.4, 0.5) is 0 Å². The Hall–Kier alpha value is -1.42. The standard InChI is InChI=1S/C14H16ClNO3/c15-6-5-14(3-4-14)8-16-13(17)10-1-2-11-12(7-10)19-9-18-11/h1-2,7H,3-6,8-9H2,(H,16,17). The summed E-state index contributed by atoms with van der Waals surface area (Å²) in [7, 11) is 0. The molecule has 1 aliphatic carbocycles. The molecule has 102 valence electrons. The lowest BCUT2D eigenvalue weighted by Gasteiger charge is -2.14. The fraction of sp³-hybridized carbons (Fsp3) is 0.500. The Morgan fingerprint density at radius 3 is 2.84 bits per heavy atom. The second-order valence-corrected chi connectivity index (χ2v) is 5.57. The second-order valence-electron chi connectivity index (χ2n) is 5.19. The van der Waals surface area contributed by atoms with Crippen LogP contribution in [0.3, 0.4) is 0 Å². The number of hydrogen-bond acceptors (Lipinski definition) is 3. The molecule has 0 saturated heterocycles. The zero-order chi connectivity index (χ0) is 13.3. The van der Waals surface area contributed by atoms with Crippen molar-refractivity contribution in [2.45, 2.75) is 19.3 Å². The summed E-state index contributed by atoms with van der Waals surface area (Å²) in [6, 6.07) is 5.24. The van der Waals surface area contributed by atoms with Gasteiger partial charge >= 0.3 is 0 Å². The van der Waals surface area contributed by atoms with E-state index in [4.69, 9.17) is 21.1 Å². The van der Waals surface area contributed by atoms with Crippen LogP contribution in [0.2, 0.25) is 0 Å². The predicted octanol–water partition coefficient (Wildman–Crippen LogP) is 2.55. The van der Waals surface area contributed by atoms with Crippen LogP contribution in [0.5, 0.6) is 11.5 Å². The van der Waals surface area contributed by atoms with Crippen LogP contribution in [0.25, 0.3) is 0 Å². The van der Waals surface area contributed by atoms with E-state index in [2.05, 4.69) is 5.32 Å². The average molecular weight is 282 g/mol. The van der Waals surface area contributed by atoms with Crippen LogP contribution in [0, 0.1) is 5.41 Å². The van der Waals surface area contributed by atoms with Gasteiger partial charge in [-0.15, -0.1) is 11.6 Å². The van der Waals surface area contributed by atoms with Gasteiger partial charge in [0.1, 0.15) is 0 Å². The van der Waals surface area contributed by atoms with Crippen molar-refractivity contribution < 1.29 is 14.3 Å². The summed E-state index contributed by atoms with van der Waals surface area (Å²) in [4.78, 5) is 12.1. The summed E-state index contributed by atoms with van der Waals surface area (Å²) in [5, 5.41) is 2.98. The Labute approximate surface area is 117 Å². The van der Waals surface area contributed by atoms with Crippen molar-refractivity contribution in [3.05, 3.63) is 23.8 Å². The number of benzene rings is 1. The quantitative estimate of drug-likeness (QED) is 0.844. The lowest BCUT2D eigenvalue weighted by atomic mass is 10.0. The number of nitrogens with one attached hydrogen (secondary N) is 1. The maximum absolute atomic E-state index is 12.1. The maximum atomic E-state index is 12.1. The normalized spacial score (nSPS) is 18.2. The number of alkyl halides is 1. The number of carbonyl (C=O) groups excluding carboxylic acids is 1. The second kappa shape index (κ2) is 4.93. The first kappa shape index (κ1) is 12.6. The zero-order valence-corrected chi connectivity index (χ0v) is 11.3. The Morgan fingerprint density at radius 1 is 1.32 bits per heavy atom. The van der Waals surface area contributed by atoms with Gasteiger partial charge in [0.25, 0.3) is 5.91 Å². The topological polar surface area (TPSA) is 47.6 Å². The molecule has 4 nitrogen and oxygen atoms in total. The van der Waals surface area contributed by atoms with Crippen LogP contribution in [-0.2, 0) is 0 Å². The Balaban J connectivity index is 1.61. The third-order valence-electron chi connectivity index (χ3n) is 3.84. The van der Waals surface area contributed by atoms with E-state index in [1.807, 2.05) is 0 Å². The van der Waals surface area contributed by atoms with Crippen LogP contribution in [0.1, 0.15) is 29.6 Å². The number of halogens is 1. The van der Waals surface area contributed by atoms with Gasteiger partial charge in [-0.2, -0.15) is 0 Å². The van der Waals surface area contributed by atoms with Crippen LogP contribution < -0.4 is 14.8 Å². The van der Waals surface area contributed by atoms with Gasteiger partial charge in [-0.3, -0.25) is 4.79 Å². The summed E-state index contributed by atoms with van der Waals surface area (Å²) >= 11 is 5.78. The molecule has 0 spiro atoms. The molecule has 0 bridgehead atoms. The van der Waals surface area contributed by atoms with E-state index in [0.29, 0.717) is 29.5 Å². The third-order valence-corrected chi connectivity index (χ3v) is 4.03. The first-order valence-electron chi connectivity index (χ1n) is 6.46. The van der Waals surface area contributed by atoms with Gasteiger partial charge in [0.2, 0.25) is 6.79 Å². The van der Waals surface area contributed by atoms with E-state index in [9.17, 15) is 4.79 Å². The minimum atomic E-state index is -0.0702. The third kappa shape index (κ3) is 2.63. The van der Waals surface area contributed by atoms with Crippen LogP contribution in [0.15, 0.2) is 18.2 Å². The minimum absolute atomic E-state index is 0.0702. The molecular weight excluding hydrogens is 266 g/mol. The molecule has 1 aromatic carbocycles. The highest BCUT2D eigenvalue weighted by Gasteiger charge is 2.41. The number of ether oxygens (including phenoxy) is 2. The lowest BCUT2D eigenvalue weighted by Crippen LogP contribution is -2.30. The van der Waals surface area contributed by atoms with Crippen LogP contribution in [-0.4, -0.2) is 25.1 Å². The molecule has 19 heavy (non-hydrogen) atoms. The van der Waals surface area contributed by atoms with E-state index < -0.39 is 0 Å². The van der Waals surface area contributed by atoms with E-state index in [0.717, 1.165) is 19.3 Å². The van der Waals surface area contributed by atoms with Crippen molar-refractivity contribution in [3.8, 4) is 11.5 Å². The molecule has 0 aromatic heterocycles. The SMILES string of the molecule is O=C(NCC1(CCCl)CC1)c1ccc2c(c1)OCO2. The molecule has 0 radical (unpaired) electrons. The number of rotatable bonds is 5. The van der Waals surface area contributed by atoms with Gasteiger partial charge in [0.15, 0.2) is 11.5 Å². The highest BCUT2D eigenvalue weighted by molar-refractivity contribution is 6.17. The van der Waals surface area contributed by atoms with Gasteiger partial charge in [-0.25, -0.2) is 0 Å². The largest absolute Gasteiger partial charge is 0.454 e. The fourth-order valence-electron chi connectivity index (χ4n) is 2.30. The van der Waals surface area contributed by atoms with Gasteiger partial charge in [-0.1, -0.05) is 0 Å². The van der Waals surface area contributed by atoms with E-state index >= 15 is 0 Å². The highest BCUT2D eigenvalue weighted by Crippen LogP contribution is 2.48. The molecule has 1 amide bonds. The molecule has 1 N–H and O–H groups in total. The van der Waals surface area contributed by atoms with Crippen molar-refractivity contribution in [2.24, 2.45) is 5.41 Å². The summed E-state index contributed by atoms with van der Waals surface area (Å²) < 4.78 is 10.5. The predicted molar refractivity (Wildman–Crippen MR) is 71.9 cm³/mol. The maximum Gasteiger partial charge on any atom is 0.251 e. The monoisotopic (exact) mass is 281 g/mol. The molecule has 1 fully saturated rings. The zero-order valence-electron chi connectivity index (χ0n) is 10.6. The molecule has 0 unspecified atom stereocenters.